The van der Waals surface area contributed by atoms with E-state index in [4.69, 9.17) is 5.73 Å². The first kappa shape index (κ1) is 18.5. The van der Waals surface area contributed by atoms with Crippen molar-refractivity contribution in [3.63, 3.8) is 0 Å². The van der Waals surface area contributed by atoms with Gasteiger partial charge in [-0.25, -0.2) is 0 Å². The molecule has 2 atom stereocenters. The summed E-state index contributed by atoms with van der Waals surface area (Å²) < 4.78 is 0. The fourth-order valence-electron chi connectivity index (χ4n) is 3.28. The molecule has 0 spiro atoms. The van der Waals surface area contributed by atoms with Crippen LogP contribution in [0.25, 0.3) is 0 Å². The van der Waals surface area contributed by atoms with E-state index in [-0.39, 0.29) is 29.8 Å². The van der Waals surface area contributed by atoms with E-state index in [2.05, 4.69) is 12.2 Å². The number of hydrogen-bond acceptors (Lipinski definition) is 3. The summed E-state index contributed by atoms with van der Waals surface area (Å²) in [5, 5.41) is 3.03. The van der Waals surface area contributed by atoms with Crippen molar-refractivity contribution in [2.24, 2.45) is 5.73 Å². The van der Waals surface area contributed by atoms with Crippen LogP contribution in [-0.2, 0) is 9.59 Å². The van der Waals surface area contributed by atoms with Gasteiger partial charge in [-0.1, -0.05) is 37.3 Å². The second-order valence-corrected chi connectivity index (χ2v) is 6.72. The van der Waals surface area contributed by atoms with E-state index in [0.29, 0.717) is 19.5 Å². The third kappa shape index (κ3) is 5.06. The first-order valence-electron chi connectivity index (χ1n) is 8.90. The van der Waals surface area contributed by atoms with Gasteiger partial charge in [0.2, 0.25) is 11.8 Å². The van der Waals surface area contributed by atoms with Crippen molar-refractivity contribution < 1.29 is 9.59 Å². The van der Waals surface area contributed by atoms with Gasteiger partial charge in [0.05, 0.1) is 5.92 Å². The number of nitrogens with one attached hydrogen (secondary N) is 1. The van der Waals surface area contributed by atoms with Gasteiger partial charge in [-0.2, -0.15) is 0 Å². The average Bonchev–Trinajstić information content (AvgIpc) is 2.56. The maximum absolute atomic E-state index is 12.8. The summed E-state index contributed by atoms with van der Waals surface area (Å²) in [4.78, 5) is 26.6. The lowest BCUT2D eigenvalue weighted by molar-refractivity contribution is -0.134. The second kappa shape index (κ2) is 8.83. The Bertz CT molecular complexity index is 537. The molecule has 3 N–H and O–H groups in total. The number of likely N-dealkylation sites (tertiary alicyclic amines) is 1. The van der Waals surface area contributed by atoms with E-state index < -0.39 is 0 Å². The van der Waals surface area contributed by atoms with Crippen molar-refractivity contribution in [2.45, 2.75) is 57.5 Å². The molecule has 5 nitrogen and oxygen atoms in total. The average molecular weight is 331 g/mol. The highest BCUT2D eigenvalue weighted by Gasteiger charge is 2.28. The van der Waals surface area contributed by atoms with Crippen LogP contribution in [0.1, 0.15) is 51.0 Å². The summed E-state index contributed by atoms with van der Waals surface area (Å²) in [6.45, 7) is 5.28. The van der Waals surface area contributed by atoms with Crippen LogP contribution < -0.4 is 11.1 Å². The summed E-state index contributed by atoms with van der Waals surface area (Å²) in [6.07, 6.45) is 2.77. The minimum absolute atomic E-state index is 0.00509. The number of rotatable bonds is 6. The SMILES string of the molecule is CCC(C(=O)N1CCC(NC(=O)CC(C)N)CC1)c1ccccc1. The number of amides is 2. The normalized spacial score (nSPS) is 18.0. The van der Waals surface area contributed by atoms with Crippen LogP contribution >= 0.6 is 0 Å². The molecule has 1 aliphatic rings. The zero-order valence-corrected chi connectivity index (χ0v) is 14.7. The number of carbonyl (C=O) groups excluding carboxylic acids is 2. The number of hydrogen-bond donors (Lipinski definition) is 2. The minimum Gasteiger partial charge on any atom is -0.353 e. The molecule has 1 heterocycles. The molecule has 1 aliphatic heterocycles. The molecule has 1 aromatic rings. The lowest BCUT2D eigenvalue weighted by atomic mass is 9.93. The van der Waals surface area contributed by atoms with Gasteiger partial charge < -0.3 is 16.0 Å². The maximum atomic E-state index is 12.8. The van der Waals surface area contributed by atoms with Gasteiger partial charge in [0.1, 0.15) is 0 Å². The highest BCUT2D eigenvalue weighted by molar-refractivity contribution is 5.84. The molecule has 0 aliphatic carbocycles. The molecule has 1 aromatic carbocycles. The van der Waals surface area contributed by atoms with E-state index in [1.807, 2.05) is 42.2 Å². The molecular weight excluding hydrogens is 302 g/mol. The fourth-order valence-corrected chi connectivity index (χ4v) is 3.28. The molecule has 0 radical (unpaired) electrons. The number of carbonyl (C=O) groups is 2. The number of nitrogens with zero attached hydrogens (tertiary/aromatic N) is 1. The maximum Gasteiger partial charge on any atom is 0.230 e. The minimum atomic E-state index is -0.122. The Labute approximate surface area is 144 Å². The highest BCUT2D eigenvalue weighted by Crippen LogP contribution is 2.24. The number of benzene rings is 1. The lowest BCUT2D eigenvalue weighted by Crippen LogP contribution is -2.48. The molecule has 1 saturated heterocycles. The van der Waals surface area contributed by atoms with Gasteiger partial charge in [-0.15, -0.1) is 0 Å². The molecule has 5 heteroatoms. The van der Waals surface area contributed by atoms with E-state index in [0.717, 1.165) is 24.8 Å². The Morgan fingerprint density at radius 1 is 1.25 bits per heavy atom. The summed E-state index contributed by atoms with van der Waals surface area (Å²) in [5.41, 5.74) is 6.73. The summed E-state index contributed by atoms with van der Waals surface area (Å²) >= 11 is 0. The first-order chi connectivity index (χ1) is 11.5. The van der Waals surface area contributed by atoms with Crippen molar-refractivity contribution in [3.8, 4) is 0 Å². The largest absolute Gasteiger partial charge is 0.353 e. The van der Waals surface area contributed by atoms with Crippen molar-refractivity contribution in [1.82, 2.24) is 10.2 Å². The Hall–Kier alpha value is -1.88. The van der Waals surface area contributed by atoms with Crippen molar-refractivity contribution >= 4 is 11.8 Å². The Morgan fingerprint density at radius 3 is 2.42 bits per heavy atom. The second-order valence-electron chi connectivity index (χ2n) is 6.72. The van der Waals surface area contributed by atoms with Crippen molar-refractivity contribution in [2.75, 3.05) is 13.1 Å². The van der Waals surface area contributed by atoms with Crippen LogP contribution in [0.5, 0.6) is 0 Å². The molecule has 24 heavy (non-hydrogen) atoms. The Balaban J connectivity index is 1.87. The third-order valence-corrected chi connectivity index (χ3v) is 4.59. The number of piperidine rings is 1. The Morgan fingerprint density at radius 2 is 1.88 bits per heavy atom. The predicted octanol–water partition coefficient (Wildman–Crippen LogP) is 2.02. The van der Waals surface area contributed by atoms with Crippen LogP contribution in [-0.4, -0.2) is 41.9 Å². The third-order valence-electron chi connectivity index (χ3n) is 4.59. The van der Waals surface area contributed by atoms with Gasteiger partial charge in [-0.3, -0.25) is 9.59 Å². The molecule has 2 amide bonds. The van der Waals surface area contributed by atoms with E-state index in [1.165, 1.54) is 0 Å². The molecular formula is C19H29N3O2. The summed E-state index contributed by atoms with van der Waals surface area (Å²) in [7, 11) is 0. The van der Waals surface area contributed by atoms with Gasteiger partial charge in [-0.05, 0) is 31.7 Å². The van der Waals surface area contributed by atoms with Gasteiger partial charge in [0.15, 0.2) is 0 Å². The van der Waals surface area contributed by atoms with Gasteiger partial charge in [0, 0.05) is 31.6 Å². The van der Waals surface area contributed by atoms with E-state index in [1.54, 1.807) is 0 Å². The molecule has 2 rings (SSSR count). The molecule has 1 fully saturated rings. The van der Waals surface area contributed by atoms with E-state index in [9.17, 15) is 9.59 Å². The smallest absolute Gasteiger partial charge is 0.230 e. The monoisotopic (exact) mass is 331 g/mol. The van der Waals surface area contributed by atoms with Gasteiger partial charge >= 0.3 is 0 Å². The fraction of sp³-hybridized carbons (Fsp3) is 0.579. The molecule has 2 unspecified atom stereocenters. The molecule has 0 saturated carbocycles. The summed E-state index contributed by atoms with van der Waals surface area (Å²) in [6, 6.07) is 9.99. The van der Waals surface area contributed by atoms with E-state index >= 15 is 0 Å². The molecule has 0 bridgehead atoms. The topological polar surface area (TPSA) is 75.4 Å². The van der Waals surface area contributed by atoms with Crippen LogP contribution in [0.15, 0.2) is 30.3 Å². The Kier molecular flexibility index (Phi) is 6.79. The first-order valence-corrected chi connectivity index (χ1v) is 8.90. The van der Waals surface area contributed by atoms with Crippen molar-refractivity contribution in [1.29, 1.82) is 0 Å². The predicted molar refractivity (Wildman–Crippen MR) is 95.5 cm³/mol. The van der Waals surface area contributed by atoms with Gasteiger partial charge in [0.25, 0.3) is 0 Å². The quantitative estimate of drug-likeness (QED) is 0.837. The highest BCUT2D eigenvalue weighted by atomic mass is 16.2. The molecule has 0 aromatic heterocycles. The lowest BCUT2D eigenvalue weighted by Gasteiger charge is -2.34. The van der Waals surface area contributed by atoms with Crippen molar-refractivity contribution in [3.05, 3.63) is 35.9 Å². The zero-order valence-electron chi connectivity index (χ0n) is 14.7. The van der Waals surface area contributed by atoms with Crippen LogP contribution in [0.2, 0.25) is 0 Å². The van der Waals surface area contributed by atoms with Crippen LogP contribution in [0, 0.1) is 0 Å². The zero-order chi connectivity index (χ0) is 17.5. The van der Waals surface area contributed by atoms with Crippen LogP contribution in [0.3, 0.4) is 0 Å². The number of nitrogens with two attached hydrogens (primary N) is 1. The van der Waals surface area contributed by atoms with Crippen LogP contribution in [0.4, 0.5) is 0 Å². The standard InChI is InChI=1S/C19H29N3O2/c1-3-17(15-7-5-4-6-8-15)19(24)22-11-9-16(10-12-22)21-18(23)13-14(2)20/h4-8,14,16-17H,3,9-13,20H2,1-2H3,(H,21,23). The molecule has 132 valence electrons. The summed E-state index contributed by atoms with van der Waals surface area (Å²) in [5.74, 6) is 0.130.